The number of unbranched alkanes of at least 4 members (excludes halogenated alkanes) is 1. The number of ketones is 1. The molecule has 8 heteroatoms. The maximum atomic E-state index is 12.3. The van der Waals surface area contributed by atoms with Crippen molar-refractivity contribution in [3.8, 4) is 5.69 Å². The molecule has 0 fully saturated rings. The summed E-state index contributed by atoms with van der Waals surface area (Å²) in [6.07, 6.45) is 3.38. The molecular formula is C21H23N5O2S. The zero-order valence-electron chi connectivity index (χ0n) is 16.5. The molecule has 0 saturated carbocycles. The third-order valence-electron chi connectivity index (χ3n) is 4.33. The number of benzene rings is 2. The van der Waals surface area contributed by atoms with Crippen molar-refractivity contribution in [3.05, 3.63) is 59.7 Å². The lowest BCUT2D eigenvalue weighted by molar-refractivity contribution is -0.113. The topological polar surface area (TPSA) is 89.8 Å². The monoisotopic (exact) mass is 409 g/mol. The van der Waals surface area contributed by atoms with Crippen molar-refractivity contribution in [1.82, 2.24) is 20.2 Å². The molecule has 0 saturated heterocycles. The number of hydrogen-bond donors (Lipinski definition) is 1. The third-order valence-corrected chi connectivity index (χ3v) is 5.25. The van der Waals surface area contributed by atoms with Crippen LogP contribution >= 0.6 is 11.8 Å². The van der Waals surface area contributed by atoms with E-state index in [9.17, 15) is 9.59 Å². The van der Waals surface area contributed by atoms with Gasteiger partial charge in [0.1, 0.15) is 0 Å². The van der Waals surface area contributed by atoms with Crippen LogP contribution in [0.4, 0.5) is 5.69 Å². The fourth-order valence-electron chi connectivity index (χ4n) is 2.76. The number of nitrogens with zero attached hydrogens (tertiary/aromatic N) is 4. The largest absolute Gasteiger partial charge is 0.325 e. The molecule has 29 heavy (non-hydrogen) atoms. The summed E-state index contributed by atoms with van der Waals surface area (Å²) < 4.78 is 1.62. The molecule has 2 aromatic carbocycles. The predicted molar refractivity (Wildman–Crippen MR) is 114 cm³/mol. The summed E-state index contributed by atoms with van der Waals surface area (Å²) in [6, 6.07) is 15.0. The van der Waals surface area contributed by atoms with E-state index in [1.807, 2.05) is 12.1 Å². The van der Waals surface area contributed by atoms with Crippen LogP contribution in [-0.2, 0) is 11.2 Å². The van der Waals surface area contributed by atoms with Crippen LogP contribution in [0.1, 0.15) is 42.6 Å². The molecular weight excluding hydrogens is 386 g/mol. The van der Waals surface area contributed by atoms with Crippen molar-refractivity contribution >= 4 is 29.1 Å². The van der Waals surface area contributed by atoms with Gasteiger partial charge in [0, 0.05) is 11.3 Å². The van der Waals surface area contributed by atoms with Crippen molar-refractivity contribution in [3.63, 3.8) is 0 Å². The number of hydrogen-bond acceptors (Lipinski definition) is 6. The van der Waals surface area contributed by atoms with Crippen LogP contribution in [0.3, 0.4) is 0 Å². The van der Waals surface area contributed by atoms with Crippen LogP contribution in [0, 0.1) is 0 Å². The number of nitrogens with one attached hydrogen (secondary N) is 1. The maximum absolute atomic E-state index is 12.3. The molecule has 1 N–H and O–H groups in total. The van der Waals surface area contributed by atoms with E-state index >= 15 is 0 Å². The van der Waals surface area contributed by atoms with Crippen molar-refractivity contribution in [2.75, 3.05) is 11.1 Å². The summed E-state index contributed by atoms with van der Waals surface area (Å²) in [6.45, 7) is 3.67. The number of tetrazole rings is 1. The average Bonchev–Trinajstić information content (AvgIpc) is 3.20. The minimum atomic E-state index is -0.194. The van der Waals surface area contributed by atoms with Crippen molar-refractivity contribution < 1.29 is 9.59 Å². The number of rotatable bonds is 9. The van der Waals surface area contributed by atoms with E-state index in [2.05, 4.69) is 39.9 Å². The standard InChI is InChI=1S/C21H23N5O2S/c1-3-4-6-16-9-11-19(12-10-16)26-21(23-24-25-26)29-14-20(28)22-18-8-5-7-17(13-18)15(2)27/h5,7-13H,3-4,6,14H2,1-2H3,(H,22,28). The van der Waals surface area contributed by atoms with Gasteiger partial charge in [-0.25, -0.2) is 0 Å². The number of carbonyl (C=O) groups excluding carboxylic acids is 2. The van der Waals surface area contributed by atoms with Gasteiger partial charge in [-0.1, -0.05) is 49.4 Å². The molecule has 1 aromatic heterocycles. The van der Waals surface area contributed by atoms with E-state index in [4.69, 9.17) is 0 Å². The van der Waals surface area contributed by atoms with E-state index in [-0.39, 0.29) is 17.4 Å². The number of amides is 1. The quantitative estimate of drug-likeness (QED) is 0.425. The van der Waals surface area contributed by atoms with Crippen LogP contribution in [-0.4, -0.2) is 37.7 Å². The smallest absolute Gasteiger partial charge is 0.234 e. The molecule has 3 aromatic rings. The molecule has 0 aliphatic rings. The Bertz CT molecular complexity index is 985. The first-order chi connectivity index (χ1) is 14.1. The Labute approximate surface area is 173 Å². The Morgan fingerprint density at radius 3 is 2.66 bits per heavy atom. The molecule has 0 unspecified atom stereocenters. The summed E-state index contributed by atoms with van der Waals surface area (Å²) in [4.78, 5) is 23.8. The van der Waals surface area contributed by atoms with E-state index in [1.54, 1.807) is 28.9 Å². The average molecular weight is 410 g/mol. The van der Waals surface area contributed by atoms with Crippen LogP contribution in [0.5, 0.6) is 0 Å². The first kappa shape index (κ1) is 20.7. The minimum Gasteiger partial charge on any atom is -0.325 e. The molecule has 1 heterocycles. The highest BCUT2D eigenvalue weighted by molar-refractivity contribution is 7.99. The van der Waals surface area contributed by atoms with Gasteiger partial charge in [0.05, 0.1) is 11.4 Å². The molecule has 150 valence electrons. The number of aryl methyl sites for hydroxylation is 1. The van der Waals surface area contributed by atoms with Gasteiger partial charge in [-0.05, 0) is 60.0 Å². The number of carbonyl (C=O) groups is 2. The normalized spacial score (nSPS) is 10.7. The summed E-state index contributed by atoms with van der Waals surface area (Å²) in [7, 11) is 0. The Morgan fingerprint density at radius 1 is 1.14 bits per heavy atom. The van der Waals surface area contributed by atoms with E-state index in [0.29, 0.717) is 16.4 Å². The fraction of sp³-hybridized carbons (Fsp3) is 0.286. The number of thioether (sulfide) groups is 1. The molecule has 0 aliphatic heterocycles. The van der Waals surface area contributed by atoms with Gasteiger partial charge in [0.15, 0.2) is 5.78 Å². The third kappa shape index (κ3) is 5.74. The van der Waals surface area contributed by atoms with Crippen LogP contribution < -0.4 is 5.32 Å². The van der Waals surface area contributed by atoms with Gasteiger partial charge in [-0.3, -0.25) is 9.59 Å². The van der Waals surface area contributed by atoms with Crippen molar-refractivity contribution in [1.29, 1.82) is 0 Å². The summed E-state index contributed by atoms with van der Waals surface area (Å²) >= 11 is 1.25. The second kappa shape index (κ2) is 9.97. The number of aromatic nitrogens is 4. The van der Waals surface area contributed by atoms with E-state index in [1.165, 1.54) is 24.2 Å². The second-order valence-corrected chi connectivity index (χ2v) is 7.56. The zero-order valence-corrected chi connectivity index (χ0v) is 17.3. The Balaban J connectivity index is 1.61. The number of anilines is 1. The van der Waals surface area contributed by atoms with Gasteiger partial charge in [-0.15, -0.1) is 5.10 Å². The second-order valence-electron chi connectivity index (χ2n) is 6.62. The highest BCUT2D eigenvalue weighted by Gasteiger charge is 2.12. The molecule has 0 radical (unpaired) electrons. The molecule has 0 aliphatic carbocycles. The molecule has 0 spiro atoms. The van der Waals surface area contributed by atoms with Gasteiger partial charge in [0.25, 0.3) is 0 Å². The van der Waals surface area contributed by atoms with E-state index < -0.39 is 0 Å². The molecule has 1 amide bonds. The Morgan fingerprint density at radius 2 is 1.93 bits per heavy atom. The lowest BCUT2D eigenvalue weighted by atomic mass is 10.1. The van der Waals surface area contributed by atoms with Crippen molar-refractivity contribution in [2.45, 2.75) is 38.3 Å². The van der Waals surface area contributed by atoms with Crippen LogP contribution in [0.15, 0.2) is 53.7 Å². The Hall–Kier alpha value is -3.00. The fourth-order valence-corrected chi connectivity index (χ4v) is 3.45. The molecule has 7 nitrogen and oxygen atoms in total. The maximum Gasteiger partial charge on any atom is 0.234 e. The lowest BCUT2D eigenvalue weighted by Gasteiger charge is -2.07. The molecule has 3 rings (SSSR count). The minimum absolute atomic E-state index is 0.0460. The molecule has 0 bridgehead atoms. The zero-order chi connectivity index (χ0) is 20.6. The summed E-state index contributed by atoms with van der Waals surface area (Å²) in [5.41, 5.74) is 3.28. The number of Topliss-reactive ketones (excluding diaryl/α,β-unsaturated/α-hetero) is 1. The van der Waals surface area contributed by atoms with Crippen molar-refractivity contribution in [2.24, 2.45) is 0 Å². The van der Waals surface area contributed by atoms with Gasteiger partial charge >= 0.3 is 0 Å². The summed E-state index contributed by atoms with van der Waals surface area (Å²) in [5, 5.41) is 15.1. The first-order valence-electron chi connectivity index (χ1n) is 9.48. The SMILES string of the molecule is CCCCc1ccc(-n2nnnc2SCC(=O)Nc2cccc(C(C)=O)c2)cc1. The van der Waals surface area contributed by atoms with Crippen LogP contribution in [0.2, 0.25) is 0 Å². The van der Waals surface area contributed by atoms with Gasteiger partial charge in [0.2, 0.25) is 11.1 Å². The Kier molecular flexibility index (Phi) is 7.13. The van der Waals surface area contributed by atoms with E-state index in [0.717, 1.165) is 24.9 Å². The highest BCUT2D eigenvalue weighted by Crippen LogP contribution is 2.20. The van der Waals surface area contributed by atoms with Gasteiger partial charge < -0.3 is 5.32 Å². The predicted octanol–water partition coefficient (Wildman–Crippen LogP) is 3.94. The first-order valence-corrected chi connectivity index (χ1v) is 10.5. The van der Waals surface area contributed by atoms with Crippen LogP contribution in [0.25, 0.3) is 5.69 Å². The highest BCUT2D eigenvalue weighted by atomic mass is 32.2. The summed E-state index contributed by atoms with van der Waals surface area (Å²) in [5.74, 6) is -0.0882. The molecule has 0 atom stereocenters. The van der Waals surface area contributed by atoms with Gasteiger partial charge in [-0.2, -0.15) is 4.68 Å². The lowest BCUT2D eigenvalue weighted by Crippen LogP contribution is -2.15.